The van der Waals surface area contributed by atoms with Crippen LogP contribution in [0.3, 0.4) is 0 Å². The molecule has 1 aliphatic carbocycles. The van der Waals surface area contributed by atoms with Gasteiger partial charge in [-0.15, -0.1) is 5.10 Å². The molecule has 2 rings (SSSR count). The number of hydrogen-bond donors (Lipinski definition) is 1. The molecule has 1 amide bonds. The third-order valence-electron chi connectivity index (χ3n) is 2.27. The van der Waals surface area contributed by atoms with Crippen LogP contribution in [0.1, 0.15) is 29.4 Å². The van der Waals surface area contributed by atoms with Gasteiger partial charge >= 0.3 is 0 Å². The Morgan fingerprint density at radius 3 is 3.08 bits per heavy atom. The highest BCUT2D eigenvalue weighted by Crippen LogP contribution is 2.32. The van der Waals surface area contributed by atoms with Gasteiger partial charge in [-0.05, 0) is 37.2 Å². The first-order chi connectivity index (χ1) is 6.27. The van der Waals surface area contributed by atoms with Gasteiger partial charge in [0.05, 0.1) is 6.20 Å². The average Bonchev–Trinajstić information content (AvgIpc) is 2.81. The van der Waals surface area contributed by atoms with E-state index in [9.17, 15) is 4.79 Å². The molecule has 13 heavy (non-hydrogen) atoms. The molecule has 0 radical (unpaired) electrons. The van der Waals surface area contributed by atoms with E-state index >= 15 is 0 Å². The first-order valence-corrected chi connectivity index (χ1v) is 5.13. The standard InChI is InChI=1S/C8H11N3OS/c1-5(6-2-3-6)10-8(12)7-4-9-11-13-7/h4-6H,2-3H2,1H3,(H,10,12). The lowest BCUT2D eigenvalue weighted by atomic mass is 10.2. The summed E-state index contributed by atoms with van der Waals surface area (Å²) >= 11 is 1.13. The topological polar surface area (TPSA) is 54.9 Å². The molecule has 1 aliphatic rings. The van der Waals surface area contributed by atoms with Crippen molar-refractivity contribution in [1.82, 2.24) is 14.9 Å². The lowest BCUT2D eigenvalue weighted by molar-refractivity contribution is 0.0940. The van der Waals surface area contributed by atoms with Crippen LogP contribution in [-0.2, 0) is 0 Å². The van der Waals surface area contributed by atoms with Gasteiger partial charge in [-0.2, -0.15) is 0 Å². The highest BCUT2D eigenvalue weighted by Gasteiger charge is 2.29. The highest BCUT2D eigenvalue weighted by molar-refractivity contribution is 7.07. The van der Waals surface area contributed by atoms with Crippen LogP contribution in [0.5, 0.6) is 0 Å². The lowest BCUT2D eigenvalue weighted by Gasteiger charge is -2.10. The quantitative estimate of drug-likeness (QED) is 0.788. The molecule has 5 heteroatoms. The van der Waals surface area contributed by atoms with Gasteiger partial charge in [-0.3, -0.25) is 4.79 Å². The lowest BCUT2D eigenvalue weighted by Crippen LogP contribution is -2.33. The fourth-order valence-electron chi connectivity index (χ4n) is 1.26. The minimum atomic E-state index is -0.0469. The van der Waals surface area contributed by atoms with Crippen molar-refractivity contribution in [2.24, 2.45) is 5.92 Å². The van der Waals surface area contributed by atoms with Gasteiger partial charge < -0.3 is 5.32 Å². The normalized spacial score (nSPS) is 18.2. The third-order valence-corrected chi connectivity index (χ3v) is 2.94. The van der Waals surface area contributed by atoms with Crippen molar-refractivity contribution < 1.29 is 4.79 Å². The van der Waals surface area contributed by atoms with Crippen molar-refractivity contribution in [3.05, 3.63) is 11.1 Å². The Morgan fingerprint density at radius 1 is 1.77 bits per heavy atom. The molecule has 1 atom stereocenters. The fraction of sp³-hybridized carbons (Fsp3) is 0.625. The summed E-state index contributed by atoms with van der Waals surface area (Å²) in [5.74, 6) is 0.638. The Balaban J connectivity index is 1.91. The molecule has 70 valence electrons. The van der Waals surface area contributed by atoms with Gasteiger partial charge in [0.1, 0.15) is 4.88 Å². The predicted molar refractivity (Wildman–Crippen MR) is 49.6 cm³/mol. The molecule has 1 aromatic rings. The van der Waals surface area contributed by atoms with Gasteiger partial charge in [0, 0.05) is 6.04 Å². The Bertz CT molecular complexity index is 294. The highest BCUT2D eigenvalue weighted by atomic mass is 32.1. The molecule has 1 fully saturated rings. The predicted octanol–water partition coefficient (Wildman–Crippen LogP) is 1.07. The van der Waals surface area contributed by atoms with E-state index in [1.807, 2.05) is 6.92 Å². The second-order valence-electron chi connectivity index (χ2n) is 3.38. The van der Waals surface area contributed by atoms with E-state index in [1.54, 1.807) is 0 Å². The number of amides is 1. The second kappa shape index (κ2) is 3.41. The first kappa shape index (κ1) is 8.62. The number of carbonyl (C=O) groups is 1. The Labute approximate surface area is 80.5 Å². The molecule has 1 heterocycles. The fourth-order valence-corrected chi connectivity index (χ4v) is 1.68. The summed E-state index contributed by atoms with van der Waals surface area (Å²) in [4.78, 5) is 12.1. The van der Waals surface area contributed by atoms with E-state index in [1.165, 1.54) is 19.0 Å². The zero-order valence-corrected chi connectivity index (χ0v) is 8.17. The number of nitrogens with one attached hydrogen (secondary N) is 1. The number of hydrogen-bond acceptors (Lipinski definition) is 4. The van der Waals surface area contributed by atoms with Crippen LogP contribution in [0.2, 0.25) is 0 Å². The number of carbonyl (C=O) groups excluding carboxylic acids is 1. The number of nitrogens with zero attached hydrogens (tertiary/aromatic N) is 2. The van der Waals surface area contributed by atoms with Gasteiger partial charge in [0.25, 0.3) is 5.91 Å². The van der Waals surface area contributed by atoms with Crippen molar-refractivity contribution in [3.8, 4) is 0 Å². The van der Waals surface area contributed by atoms with Crippen LogP contribution in [0.25, 0.3) is 0 Å². The number of aromatic nitrogens is 2. The summed E-state index contributed by atoms with van der Waals surface area (Å²) in [6.45, 7) is 2.05. The first-order valence-electron chi connectivity index (χ1n) is 4.35. The minimum Gasteiger partial charge on any atom is -0.349 e. The monoisotopic (exact) mass is 197 g/mol. The minimum absolute atomic E-state index is 0.0469. The van der Waals surface area contributed by atoms with Crippen molar-refractivity contribution in [2.75, 3.05) is 0 Å². The van der Waals surface area contributed by atoms with Crippen LogP contribution in [0, 0.1) is 5.92 Å². The molecule has 0 bridgehead atoms. The summed E-state index contributed by atoms with van der Waals surface area (Å²) < 4.78 is 3.64. The summed E-state index contributed by atoms with van der Waals surface area (Å²) in [5.41, 5.74) is 0. The molecule has 0 aliphatic heterocycles. The Hall–Kier alpha value is -0.970. The average molecular weight is 197 g/mol. The van der Waals surface area contributed by atoms with E-state index in [4.69, 9.17) is 0 Å². The molecule has 1 N–H and O–H groups in total. The van der Waals surface area contributed by atoms with Crippen LogP contribution in [-0.4, -0.2) is 21.5 Å². The molecule has 4 nitrogen and oxygen atoms in total. The molecule has 1 saturated carbocycles. The van der Waals surface area contributed by atoms with Crippen molar-refractivity contribution in [3.63, 3.8) is 0 Å². The summed E-state index contributed by atoms with van der Waals surface area (Å²) in [5, 5.41) is 6.55. The van der Waals surface area contributed by atoms with Crippen molar-refractivity contribution >= 4 is 17.4 Å². The smallest absolute Gasteiger partial charge is 0.264 e. The Kier molecular flexibility index (Phi) is 2.26. The second-order valence-corrected chi connectivity index (χ2v) is 4.17. The maximum atomic E-state index is 11.5. The van der Waals surface area contributed by atoms with Gasteiger partial charge in [0.2, 0.25) is 0 Å². The molecule has 1 aromatic heterocycles. The molecule has 0 aromatic carbocycles. The SMILES string of the molecule is CC(NC(=O)c1cnns1)C1CC1. The van der Waals surface area contributed by atoms with Gasteiger partial charge in [-0.25, -0.2) is 0 Å². The van der Waals surface area contributed by atoms with E-state index < -0.39 is 0 Å². The van der Waals surface area contributed by atoms with Crippen LogP contribution in [0.15, 0.2) is 6.20 Å². The van der Waals surface area contributed by atoms with Crippen molar-refractivity contribution in [2.45, 2.75) is 25.8 Å². The van der Waals surface area contributed by atoms with E-state index in [0.29, 0.717) is 10.8 Å². The van der Waals surface area contributed by atoms with Gasteiger partial charge in [-0.1, -0.05) is 4.49 Å². The largest absolute Gasteiger partial charge is 0.349 e. The molecule has 0 saturated heterocycles. The van der Waals surface area contributed by atoms with Crippen molar-refractivity contribution in [1.29, 1.82) is 0 Å². The Morgan fingerprint density at radius 2 is 2.54 bits per heavy atom. The van der Waals surface area contributed by atoms with E-state index in [2.05, 4.69) is 14.9 Å². The van der Waals surface area contributed by atoms with E-state index in [0.717, 1.165) is 11.5 Å². The van der Waals surface area contributed by atoms with E-state index in [-0.39, 0.29) is 11.9 Å². The molecule has 0 spiro atoms. The zero-order chi connectivity index (χ0) is 9.26. The molecule has 1 unspecified atom stereocenters. The molecular weight excluding hydrogens is 186 g/mol. The molecular formula is C8H11N3OS. The summed E-state index contributed by atoms with van der Waals surface area (Å²) in [6, 6.07) is 0.287. The third kappa shape index (κ3) is 2.03. The van der Waals surface area contributed by atoms with Crippen LogP contribution in [0.4, 0.5) is 0 Å². The van der Waals surface area contributed by atoms with Gasteiger partial charge in [0.15, 0.2) is 0 Å². The van der Waals surface area contributed by atoms with Crippen LogP contribution < -0.4 is 5.32 Å². The summed E-state index contributed by atoms with van der Waals surface area (Å²) in [6.07, 6.45) is 3.98. The van der Waals surface area contributed by atoms with Crippen LogP contribution >= 0.6 is 11.5 Å². The maximum Gasteiger partial charge on any atom is 0.264 e. The summed E-state index contributed by atoms with van der Waals surface area (Å²) in [7, 11) is 0. The number of rotatable bonds is 3. The maximum absolute atomic E-state index is 11.5. The zero-order valence-electron chi connectivity index (χ0n) is 7.36.